The number of nitrogens with one attached hydrogen (secondary N) is 1. The number of carbonyl (C=O) groups excluding carboxylic acids is 2. The summed E-state index contributed by atoms with van der Waals surface area (Å²) in [6.45, 7) is 2.15. The van der Waals surface area contributed by atoms with Crippen LogP contribution in [0.1, 0.15) is 45.4 Å². The van der Waals surface area contributed by atoms with Crippen molar-refractivity contribution in [1.82, 2.24) is 5.32 Å². The molecule has 0 aromatic carbocycles. The monoisotopic (exact) mass is 241 g/mol. The van der Waals surface area contributed by atoms with Crippen LogP contribution in [-0.2, 0) is 9.59 Å². The van der Waals surface area contributed by atoms with E-state index in [2.05, 4.69) is 12.2 Å². The molecule has 0 heterocycles. The van der Waals surface area contributed by atoms with Crippen LogP contribution in [0.4, 0.5) is 0 Å². The van der Waals surface area contributed by atoms with Gasteiger partial charge < -0.3 is 16.8 Å². The number of nitrogens with two attached hydrogens (primary N) is 2. The van der Waals surface area contributed by atoms with Gasteiger partial charge in [-0.1, -0.05) is 26.2 Å². The summed E-state index contributed by atoms with van der Waals surface area (Å²) in [5, 5.41) is 2.94. The van der Waals surface area contributed by atoms with E-state index in [1.165, 1.54) is 12.8 Å². The van der Waals surface area contributed by atoms with Gasteiger partial charge in [-0.25, -0.2) is 0 Å². The van der Waals surface area contributed by atoms with Crippen LogP contribution in [0, 0.1) is 5.92 Å². The molecule has 1 aliphatic rings. The molecule has 98 valence electrons. The Balaban J connectivity index is 2.45. The lowest BCUT2D eigenvalue weighted by molar-refractivity contribution is -0.127. The molecule has 1 rings (SSSR count). The van der Waals surface area contributed by atoms with Gasteiger partial charge in [0.2, 0.25) is 11.8 Å². The zero-order valence-corrected chi connectivity index (χ0v) is 10.4. The molecule has 0 saturated heterocycles. The molecular formula is C12H23N3O2. The van der Waals surface area contributed by atoms with Crippen molar-refractivity contribution >= 4 is 11.8 Å². The molecule has 0 aromatic rings. The maximum atomic E-state index is 11.8. The maximum Gasteiger partial charge on any atom is 0.237 e. The van der Waals surface area contributed by atoms with Gasteiger partial charge in [0.25, 0.3) is 0 Å². The van der Waals surface area contributed by atoms with Gasteiger partial charge in [-0.3, -0.25) is 9.59 Å². The number of amides is 2. The summed E-state index contributed by atoms with van der Waals surface area (Å²) in [6.07, 6.45) is 5.63. The zero-order chi connectivity index (χ0) is 12.8. The number of rotatable bonds is 4. The fourth-order valence-electron chi connectivity index (χ4n) is 2.31. The molecule has 5 heteroatoms. The molecule has 5 N–H and O–H groups in total. The van der Waals surface area contributed by atoms with E-state index in [1.807, 2.05) is 0 Å². The lowest BCUT2D eigenvalue weighted by atomic mass is 9.96. The van der Waals surface area contributed by atoms with Gasteiger partial charge in [-0.05, 0) is 18.8 Å². The average molecular weight is 241 g/mol. The highest BCUT2D eigenvalue weighted by Gasteiger charge is 2.24. The van der Waals surface area contributed by atoms with Crippen molar-refractivity contribution in [3.63, 3.8) is 0 Å². The summed E-state index contributed by atoms with van der Waals surface area (Å²) in [5.74, 6) is -0.327. The first kappa shape index (κ1) is 14.0. The van der Waals surface area contributed by atoms with Crippen molar-refractivity contribution in [3.8, 4) is 0 Å². The first-order valence-corrected chi connectivity index (χ1v) is 6.35. The molecule has 0 bridgehead atoms. The SMILES string of the molecule is CC1CCCCCC1NC(=O)C(N)CC(N)=O. The van der Waals surface area contributed by atoms with E-state index in [1.54, 1.807) is 0 Å². The first-order valence-electron chi connectivity index (χ1n) is 6.35. The number of hydrogen-bond acceptors (Lipinski definition) is 3. The average Bonchev–Trinajstić information content (AvgIpc) is 2.43. The highest BCUT2D eigenvalue weighted by atomic mass is 16.2. The van der Waals surface area contributed by atoms with E-state index in [0.29, 0.717) is 5.92 Å². The molecule has 3 atom stereocenters. The van der Waals surface area contributed by atoms with E-state index in [0.717, 1.165) is 19.3 Å². The highest BCUT2D eigenvalue weighted by Crippen LogP contribution is 2.22. The molecule has 0 radical (unpaired) electrons. The van der Waals surface area contributed by atoms with Gasteiger partial charge in [0.1, 0.15) is 0 Å². The van der Waals surface area contributed by atoms with Gasteiger partial charge in [-0.2, -0.15) is 0 Å². The van der Waals surface area contributed by atoms with E-state index >= 15 is 0 Å². The molecule has 1 aliphatic carbocycles. The lowest BCUT2D eigenvalue weighted by Gasteiger charge is -2.24. The molecule has 0 aromatic heterocycles. The third-order valence-corrected chi connectivity index (χ3v) is 3.45. The summed E-state index contributed by atoms with van der Waals surface area (Å²) in [6, 6.07) is -0.633. The van der Waals surface area contributed by atoms with Crippen LogP contribution in [-0.4, -0.2) is 23.9 Å². The fraction of sp³-hybridized carbons (Fsp3) is 0.833. The molecule has 17 heavy (non-hydrogen) atoms. The summed E-state index contributed by atoms with van der Waals surface area (Å²) in [5.41, 5.74) is 10.6. The molecule has 2 amide bonds. The normalized spacial score (nSPS) is 26.9. The Morgan fingerprint density at radius 2 is 1.94 bits per heavy atom. The Morgan fingerprint density at radius 3 is 2.59 bits per heavy atom. The van der Waals surface area contributed by atoms with Crippen molar-refractivity contribution in [3.05, 3.63) is 0 Å². The molecule has 1 fully saturated rings. The third kappa shape index (κ3) is 4.73. The van der Waals surface area contributed by atoms with E-state index in [9.17, 15) is 9.59 Å². The van der Waals surface area contributed by atoms with Crippen LogP contribution in [0.2, 0.25) is 0 Å². The van der Waals surface area contributed by atoms with Crippen molar-refractivity contribution in [1.29, 1.82) is 0 Å². The van der Waals surface area contributed by atoms with Crippen LogP contribution in [0.15, 0.2) is 0 Å². The Bertz CT molecular complexity index is 281. The topological polar surface area (TPSA) is 98.2 Å². The van der Waals surface area contributed by atoms with E-state index in [4.69, 9.17) is 11.5 Å². The van der Waals surface area contributed by atoms with Gasteiger partial charge in [-0.15, -0.1) is 0 Å². The Labute approximate surface area is 102 Å². The van der Waals surface area contributed by atoms with Crippen molar-refractivity contribution < 1.29 is 9.59 Å². The van der Waals surface area contributed by atoms with Crippen molar-refractivity contribution in [2.24, 2.45) is 17.4 Å². The molecule has 5 nitrogen and oxygen atoms in total. The standard InChI is InChI=1S/C12H23N3O2/c1-8-5-3-2-4-6-10(8)15-12(17)9(13)7-11(14)16/h8-10H,2-7,13H2,1H3,(H2,14,16)(H,15,17). The molecular weight excluding hydrogens is 218 g/mol. The van der Waals surface area contributed by atoms with Crippen LogP contribution < -0.4 is 16.8 Å². The lowest BCUT2D eigenvalue weighted by Crippen LogP contribution is -2.48. The van der Waals surface area contributed by atoms with Crippen molar-refractivity contribution in [2.45, 2.75) is 57.5 Å². The summed E-state index contributed by atoms with van der Waals surface area (Å²) >= 11 is 0. The predicted molar refractivity (Wildman–Crippen MR) is 66.0 cm³/mol. The third-order valence-electron chi connectivity index (χ3n) is 3.45. The maximum absolute atomic E-state index is 11.8. The second kappa shape index (κ2) is 6.59. The summed E-state index contributed by atoms with van der Waals surface area (Å²) in [7, 11) is 0. The number of hydrogen-bond donors (Lipinski definition) is 3. The Hall–Kier alpha value is -1.10. The quantitative estimate of drug-likeness (QED) is 0.616. The van der Waals surface area contributed by atoms with Gasteiger partial charge >= 0.3 is 0 Å². The zero-order valence-electron chi connectivity index (χ0n) is 10.4. The second-order valence-corrected chi connectivity index (χ2v) is 5.01. The minimum absolute atomic E-state index is 0.0903. The minimum atomic E-state index is -0.817. The van der Waals surface area contributed by atoms with Gasteiger partial charge in [0, 0.05) is 6.04 Å². The highest BCUT2D eigenvalue weighted by molar-refractivity contribution is 5.87. The molecule has 0 spiro atoms. The molecule has 1 saturated carbocycles. The Morgan fingerprint density at radius 1 is 1.29 bits per heavy atom. The molecule has 0 aliphatic heterocycles. The minimum Gasteiger partial charge on any atom is -0.370 e. The summed E-state index contributed by atoms with van der Waals surface area (Å²) < 4.78 is 0. The van der Waals surface area contributed by atoms with E-state index in [-0.39, 0.29) is 18.4 Å². The smallest absolute Gasteiger partial charge is 0.237 e. The number of primary amides is 1. The van der Waals surface area contributed by atoms with Crippen LogP contribution in [0.25, 0.3) is 0 Å². The van der Waals surface area contributed by atoms with E-state index < -0.39 is 11.9 Å². The first-order chi connectivity index (χ1) is 8.00. The number of carbonyl (C=O) groups is 2. The molecule has 3 unspecified atom stereocenters. The Kier molecular flexibility index (Phi) is 5.41. The van der Waals surface area contributed by atoms with Gasteiger partial charge in [0.05, 0.1) is 12.5 Å². The second-order valence-electron chi connectivity index (χ2n) is 5.01. The predicted octanol–water partition coefficient (Wildman–Crippen LogP) is 0.274. The van der Waals surface area contributed by atoms with Crippen LogP contribution in [0.3, 0.4) is 0 Å². The van der Waals surface area contributed by atoms with Crippen LogP contribution in [0.5, 0.6) is 0 Å². The largest absolute Gasteiger partial charge is 0.370 e. The van der Waals surface area contributed by atoms with Crippen molar-refractivity contribution in [2.75, 3.05) is 0 Å². The van der Waals surface area contributed by atoms with Crippen LogP contribution >= 0.6 is 0 Å². The summed E-state index contributed by atoms with van der Waals surface area (Å²) in [4.78, 5) is 22.4. The van der Waals surface area contributed by atoms with Gasteiger partial charge in [0.15, 0.2) is 0 Å². The fourth-order valence-corrected chi connectivity index (χ4v) is 2.31.